The average molecular weight is 224 g/mol. The van der Waals surface area contributed by atoms with Crippen molar-refractivity contribution in [2.24, 2.45) is 0 Å². The highest BCUT2D eigenvalue weighted by Crippen LogP contribution is 2.23. The number of piperazine rings is 1. The Labute approximate surface area is 94.0 Å². The van der Waals surface area contributed by atoms with Crippen molar-refractivity contribution in [2.75, 3.05) is 19.6 Å². The highest BCUT2D eigenvalue weighted by atomic mass is 16.4. The lowest BCUT2D eigenvalue weighted by molar-refractivity contribution is -0.145. The van der Waals surface area contributed by atoms with Gasteiger partial charge in [-0.3, -0.25) is 9.69 Å². The molecule has 1 fully saturated rings. The van der Waals surface area contributed by atoms with Gasteiger partial charge in [-0.05, 0) is 19.1 Å². The monoisotopic (exact) mass is 224 g/mol. The van der Waals surface area contributed by atoms with Gasteiger partial charge >= 0.3 is 5.97 Å². The van der Waals surface area contributed by atoms with Crippen LogP contribution in [0.15, 0.2) is 22.8 Å². The maximum Gasteiger partial charge on any atom is 0.322 e. The van der Waals surface area contributed by atoms with Crippen LogP contribution in [0.2, 0.25) is 0 Å². The second-order valence-corrected chi connectivity index (χ2v) is 3.99. The van der Waals surface area contributed by atoms with E-state index in [4.69, 9.17) is 9.52 Å². The third kappa shape index (κ3) is 2.10. The van der Waals surface area contributed by atoms with Gasteiger partial charge in [0, 0.05) is 19.6 Å². The van der Waals surface area contributed by atoms with E-state index in [1.165, 1.54) is 0 Å². The van der Waals surface area contributed by atoms with E-state index in [1.807, 2.05) is 24.0 Å². The van der Waals surface area contributed by atoms with Gasteiger partial charge in [-0.25, -0.2) is 0 Å². The molecule has 0 aliphatic carbocycles. The molecule has 88 valence electrons. The van der Waals surface area contributed by atoms with Crippen LogP contribution in [-0.2, 0) is 4.79 Å². The predicted octanol–water partition coefficient (Wildman–Crippen LogP) is 0.699. The number of aliphatic carboxylic acids is 1. The number of hydrogen-bond donors (Lipinski definition) is 2. The maximum atomic E-state index is 11.1. The van der Waals surface area contributed by atoms with Gasteiger partial charge < -0.3 is 14.8 Å². The van der Waals surface area contributed by atoms with Crippen molar-refractivity contribution in [3.63, 3.8) is 0 Å². The first kappa shape index (κ1) is 11.2. The van der Waals surface area contributed by atoms with Crippen molar-refractivity contribution in [2.45, 2.75) is 19.0 Å². The first-order chi connectivity index (χ1) is 7.70. The quantitative estimate of drug-likeness (QED) is 0.791. The van der Waals surface area contributed by atoms with Crippen molar-refractivity contribution in [3.8, 4) is 0 Å². The minimum absolute atomic E-state index is 0.00167. The summed E-state index contributed by atoms with van der Waals surface area (Å²) in [7, 11) is 0. The van der Waals surface area contributed by atoms with Gasteiger partial charge in [0.1, 0.15) is 11.8 Å². The Hall–Kier alpha value is -1.33. The van der Waals surface area contributed by atoms with Gasteiger partial charge in [-0.1, -0.05) is 0 Å². The van der Waals surface area contributed by atoms with E-state index in [-0.39, 0.29) is 6.04 Å². The summed E-state index contributed by atoms with van der Waals surface area (Å²) < 4.78 is 5.32. The average Bonchev–Trinajstić information content (AvgIpc) is 2.81. The molecule has 5 nitrogen and oxygen atoms in total. The Kier molecular flexibility index (Phi) is 3.26. The van der Waals surface area contributed by atoms with Gasteiger partial charge in [0.15, 0.2) is 0 Å². The van der Waals surface area contributed by atoms with Gasteiger partial charge in [0.05, 0.1) is 12.3 Å². The lowest BCUT2D eigenvalue weighted by Crippen LogP contribution is -2.55. The number of furan rings is 1. The Morgan fingerprint density at radius 2 is 2.56 bits per heavy atom. The molecule has 1 aliphatic rings. The smallest absolute Gasteiger partial charge is 0.322 e. The predicted molar refractivity (Wildman–Crippen MR) is 58.1 cm³/mol. The number of hydrogen-bond acceptors (Lipinski definition) is 4. The zero-order valence-electron chi connectivity index (χ0n) is 9.22. The summed E-state index contributed by atoms with van der Waals surface area (Å²) in [4.78, 5) is 13.1. The molecule has 1 aliphatic heterocycles. The molecule has 16 heavy (non-hydrogen) atoms. The van der Waals surface area contributed by atoms with E-state index in [0.29, 0.717) is 6.54 Å². The second-order valence-electron chi connectivity index (χ2n) is 3.99. The van der Waals surface area contributed by atoms with E-state index in [9.17, 15) is 4.79 Å². The Morgan fingerprint density at radius 3 is 3.19 bits per heavy atom. The van der Waals surface area contributed by atoms with Crippen LogP contribution in [0.3, 0.4) is 0 Å². The lowest BCUT2D eigenvalue weighted by atomic mass is 10.1. The SMILES string of the molecule is C[C@@H](c1ccco1)N1CCNC[C@H]1C(=O)O. The first-order valence-corrected chi connectivity index (χ1v) is 5.43. The molecule has 2 atom stereocenters. The third-order valence-corrected chi connectivity index (χ3v) is 3.02. The van der Waals surface area contributed by atoms with E-state index in [0.717, 1.165) is 18.8 Å². The van der Waals surface area contributed by atoms with Crippen molar-refractivity contribution < 1.29 is 14.3 Å². The molecule has 0 saturated carbocycles. The number of nitrogens with zero attached hydrogens (tertiary/aromatic N) is 1. The van der Waals surface area contributed by atoms with Crippen LogP contribution >= 0.6 is 0 Å². The number of carboxylic acids is 1. The van der Waals surface area contributed by atoms with E-state index >= 15 is 0 Å². The minimum Gasteiger partial charge on any atom is -0.480 e. The Balaban J connectivity index is 2.14. The molecular formula is C11H16N2O3. The van der Waals surface area contributed by atoms with Gasteiger partial charge in [-0.2, -0.15) is 0 Å². The largest absolute Gasteiger partial charge is 0.480 e. The van der Waals surface area contributed by atoms with Crippen LogP contribution in [0, 0.1) is 0 Å². The fourth-order valence-corrected chi connectivity index (χ4v) is 2.11. The molecule has 0 radical (unpaired) electrons. The molecule has 2 heterocycles. The number of nitrogens with one attached hydrogen (secondary N) is 1. The summed E-state index contributed by atoms with van der Waals surface area (Å²) in [5.41, 5.74) is 0. The van der Waals surface area contributed by atoms with Crippen molar-refractivity contribution >= 4 is 5.97 Å². The van der Waals surface area contributed by atoms with Gasteiger partial charge in [-0.15, -0.1) is 0 Å². The third-order valence-electron chi connectivity index (χ3n) is 3.02. The summed E-state index contributed by atoms with van der Waals surface area (Å²) in [6.07, 6.45) is 1.61. The number of rotatable bonds is 3. The molecular weight excluding hydrogens is 208 g/mol. The summed E-state index contributed by atoms with van der Waals surface area (Å²) in [6.45, 7) is 3.99. The van der Waals surface area contributed by atoms with E-state index in [1.54, 1.807) is 6.26 Å². The normalized spacial score (nSPS) is 24.2. The minimum atomic E-state index is -0.786. The molecule has 1 saturated heterocycles. The first-order valence-electron chi connectivity index (χ1n) is 5.43. The van der Waals surface area contributed by atoms with Crippen LogP contribution < -0.4 is 5.32 Å². The summed E-state index contributed by atoms with van der Waals surface area (Å²) in [5, 5.41) is 12.2. The molecule has 2 N–H and O–H groups in total. The van der Waals surface area contributed by atoms with Crippen molar-refractivity contribution in [1.29, 1.82) is 0 Å². The standard InChI is InChI=1S/C11H16N2O3/c1-8(10-3-2-6-16-10)13-5-4-12-7-9(13)11(14)15/h2-3,6,8-9,12H,4-5,7H2,1H3,(H,14,15)/t8-,9-/m0/s1. The number of carboxylic acid groups (broad SMARTS) is 1. The van der Waals surface area contributed by atoms with Gasteiger partial charge in [0.2, 0.25) is 0 Å². The molecule has 5 heteroatoms. The Bertz CT molecular complexity index is 350. The topological polar surface area (TPSA) is 65.7 Å². The van der Waals surface area contributed by atoms with E-state index in [2.05, 4.69) is 5.32 Å². The molecule has 1 aromatic heterocycles. The molecule has 0 unspecified atom stereocenters. The summed E-state index contributed by atoms with van der Waals surface area (Å²) in [5.74, 6) is 0.0266. The van der Waals surface area contributed by atoms with Crippen LogP contribution in [0.25, 0.3) is 0 Å². The highest BCUT2D eigenvalue weighted by Gasteiger charge is 2.32. The van der Waals surface area contributed by atoms with E-state index < -0.39 is 12.0 Å². The van der Waals surface area contributed by atoms with Crippen molar-refractivity contribution in [3.05, 3.63) is 24.2 Å². The molecule has 0 spiro atoms. The zero-order chi connectivity index (χ0) is 11.5. The fourth-order valence-electron chi connectivity index (χ4n) is 2.11. The molecule has 0 amide bonds. The maximum absolute atomic E-state index is 11.1. The fraction of sp³-hybridized carbons (Fsp3) is 0.545. The van der Waals surface area contributed by atoms with Crippen molar-refractivity contribution in [1.82, 2.24) is 10.2 Å². The summed E-state index contributed by atoms with van der Waals surface area (Å²) in [6, 6.07) is 3.22. The van der Waals surface area contributed by atoms with Gasteiger partial charge in [0.25, 0.3) is 0 Å². The van der Waals surface area contributed by atoms with Crippen LogP contribution in [0.5, 0.6) is 0 Å². The highest BCUT2D eigenvalue weighted by molar-refractivity contribution is 5.74. The molecule has 2 rings (SSSR count). The molecule has 0 aromatic carbocycles. The van der Waals surface area contributed by atoms with Crippen LogP contribution in [-0.4, -0.2) is 41.7 Å². The lowest BCUT2D eigenvalue weighted by Gasteiger charge is -2.36. The van der Waals surface area contributed by atoms with Crippen LogP contribution in [0.1, 0.15) is 18.7 Å². The Morgan fingerprint density at radius 1 is 1.75 bits per heavy atom. The van der Waals surface area contributed by atoms with Crippen LogP contribution in [0.4, 0.5) is 0 Å². The molecule has 0 bridgehead atoms. The summed E-state index contributed by atoms with van der Waals surface area (Å²) >= 11 is 0. The zero-order valence-corrected chi connectivity index (χ0v) is 9.22. The number of carbonyl (C=O) groups is 1. The molecule has 1 aromatic rings. The second kappa shape index (κ2) is 4.67.